The predicted octanol–water partition coefficient (Wildman–Crippen LogP) is 8.42. The fourth-order valence-corrected chi connectivity index (χ4v) is 24.7. The maximum atomic E-state index is 15.1. The van der Waals surface area contributed by atoms with Crippen LogP contribution in [0.1, 0.15) is 48.0 Å². The first-order valence-electron chi connectivity index (χ1n) is 10.5. The summed E-state index contributed by atoms with van der Waals surface area (Å²) in [6, 6.07) is 12.7. The van der Waals surface area contributed by atoms with Crippen LogP contribution >= 0.6 is 24.8 Å². The number of benzene rings is 2. The van der Waals surface area contributed by atoms with Crippen LogP contribution in [0.5, 0.6) is 0 Å². The molecule has 170 valence electrons. The van der Waals surface area contributed by atoms with E-state index >= 15 is 4.39 Å². The molecule has 0 spiro atoms. The number of rotatable bonds is 3. The van der Waals surface area contributed by atoms with Gasteiger partial charge in [-0.25, -0.2) is 0 Å². The van der Waals surface area contributed by atoms with Crippen molar-refractivity contribution in [1.29, 1.82) is 0 Å². The van der Waals surface area contributed by atoms with Crippen molar-refractivity contribution in [3.63, 3.8) is 0 Å². The molecule has 0 N–H and O–H groups in total. The van der Waals surface area contributed by atoms with E-state index in [1.807, 2.05) is 30.3 Å². The minimum atomic E-state index is -2.27. The van der Waals surface area contributed by atoms with Crippen molar-refractivity contribution >= 4 is 35.8 Å². The van der Waals surface area contributed by atoms with Crippen LogP contribution in [0.4, 0.5) is 8.78 Å². The molecule has 2 aromatic rings. The Morgan fingerprint density at radius 1 is 0.906 bits per heavy atom. The Balaban J connectivity index is 0.00000181. The normalized spacial score (nSPS) is 19.3. The summed E-state index contributed by atoms with van der Waals surface area (Å²) in [4.78, 5) is 0. The van der Waals surface area contributed by atoms with E-state index in [1.54, 1.807) is 9.35 Å². The van der Waals surface area contributed by atoms with E-state index in [2.05, 4.69) is 46.9 Å². The third-order valence-electron chi connectivity index (χ3n) is 6.89. The van der Waals surface area contributed by atoms with Crippen molar-refractivity contribution < 1.29 is 29.1 Å². The van der Waals surface area contributed by atoms with E-state index in [0.29, 0.717) is 11.5 Å². The SMILES string of the molecule is CC1=C(C)C(C)[C]([Zr]([CH]2C=C(c3ccccc3)c3c(F)cc(F)cc32)=[Si](C)C)=C1C.Cl.Cl. The second-order valence-electron chi connectivity index (χ2n) is 8.76. The summed E-state index contributed by atoms with van der Waals surface area (Å²) < 4.78 is 31.4. The van der Waals surface area contributed by atoms with Crippen molar-refractivity contribution in [3.05, 3.63) is 96.9 Å². The molecule has 2 atom stereocenters. The average molecular weight is 571 g/mol. The molecule has 6 heteroatoms. The van der Waals surface area contributed by atoms with E-state index in [-0.39, 0.29) is 28.4 Å². The third kappa shape index (κ3) is 4.58. The van der Waals surface area contributed by atoms with Crippen molar-refractivity contribution in [2.24, 2.45) is 5.92 Å². The standard InChI is InChI=1S/C15H9F2.C9H13.C2H6Si.2ClH.Zr/c16-12-8-11-6-7-13(15(11)14(17)9-12)10-4-2-1-3-5-10;1-6-5-7(2)9(4)8(6)3;1-3-2;;;/h1-9H;6H,1-4H3;1-2H3;2*1H;. The molecule has 2 unspecified atom stereocenters. The summed E-state index contributed by atoms with van der Waals surface area (Å²) in [6.45, 7) is 13.9. The van der Waals surface area contributed by atoms with Gasteiger partial charge in [0.05, 0.1) is 0 Å². The fourth-order valence-electron chi connectivity index (χ4n) is 5.11. The van der Waals surface area contributed by atoms with Gasteiger partial charge in [-0.15, -0.1) is 24.8 Å². The molecule has 2 aromatic carbocycles. The van der Waals surface area contributed by atoms with Gasteiger partial charge >= 0.3 is 187 Å². The molecule has 0 fully saturated rings. The number of hydrogen-bond acceptors (Lipinski definition) is 0. The van der Waals surface area contributed by atoms with Gasteiger partial charge in [0.25, 0.3) is 0 Å². The Kier molecular flexibility index (Phi) is 9.12. The van der Waals surface area contributed by atoms with Gasteiger partial charge in [-0.1, -0.05) is 0 Å². The van der Waals surface area contributed by atoms with E-state index < -0.39 is 37.4 Å². The van der Waals surface area contributed by atoms with E-state index in [4.69, 9.17) is 0 Å². The van der Waals surface area contributed by atoms with Crippen LogP contribution in [-0.4, -0.2) is 5.43 Å². The summed E-state index contributed by atoms with van der Waals surface area (Å²) in [7, 11) is 0. The molecule has 0 heterocycles. The molecular weight excluding hydrogens is 540 g/mol. The molecule has 2 aliphatic carbocycles. The number of hydrogen-bond donors (Lipinski definition) is 0. The molecule has 0 aromatic heterocycles. The van der Waals surface area contributed by atoms with Crippen LogP contribution in [0, 0.1) is 17.6 Å². The number of allylic oxidation sites excluding steroid dienone is 5. The van der Waals surface area contributed by atoms with Gasteiger partial charge in [0.1, 0.15) is 0 Å². The molecule has 0 nitrogen and oxygen atoms in total. The van der Waals surface area contributed by atoms with Crippen molar-refractivity contribution in [2.75, 3.05) is 0 Å². The van der Waals surface area contributed by atoms with Gasteiger partial charge in [0.2, 0.25) is 0 Å². The topological polar surface area (TPSA) is 0 Å². The zero-order valence-corrected chi connectivity index (χ0v) is 24.4. The van der Waals surface area contributed by atoms with Gasteiger partial charge in [-0.05, 0) is 0 Å². The summed E-state index contributed by atoms with van der Waals surface area (Å²) in [5.41, 5.74) is 7.24. The van der Waals surface area contributed by atoms with Crippen LogP contribution in [0.2, 0.25) is 13.1 Å². The summed E-state index contributed by atoms with van der Waals surface area (Å²) in [5.74, 6) is -0.421. The van der Waals surface area contributed by atoms with Crippen LogP contribution in [0.25, 0.3) is 5.57 Å². The Bertz CT molecular complexity index is 1180. The van der Waals surface area contributed by atoms with E-state index in [1.165, 1.54) is 16.7 Å². The molecule has 0 radical (unpaired) electrons. The average Bonchev–Trinajstić information content (AvgIpc) is 3.16. The molecule has 2 aliphatic rings. The first-order chi connectivity index (χ1) is 14.2. The zero-order chi connectivity index (χ0) is 21.7. The molecule has 32 heavy (non-hydrogen) atoms. The maximum Gasteiger partial charge on any atom is -0.147 e. The Morgan fingerprint density at radius 2 is 1.53 bits per heavy atom. The predicted molar refractivity (Wildman–Crippen MR) is 135 cm³/mol. The van der Waals surface area contributed by atoms with Gasteiger partial charge in [0.15, 0.2) is 0 Å². The zero-order valence-electron chi connectivity index (χ0n) is 19.3. The smallest absolute Gasteiger partial charge is 0.147 e. The maximum absolute atomic E-state index is 15.1. The largest absolute Gasteiger partial charge is 0.147 e. The van der Waals surface area contributed by atoms with Crippen molar-refractivity contribution in [1.82, 2.24) is 0 Å². The first-order valence-corrected chi connectivity index (χ1v) is 19.4. The molecule has 0 saturated carbocycles. The van der Waals surface area contributed by atoms with Gasteiger partial charge in [-0.3, -0.25) is 0 Å². The minimum absolute atomic E-state index is 0. The van der Waals surface area contributed by atoms with Gasteiger partial charge in [-0.2, -0.15) is 0 Å². The number of fused-ring (bicyclic) bond motifs is 1. The molecule has 0 aliphatic heterocycles. The fraction of sp³-hybridized carbons (Fsp3) is 0.308. The monoisotopic (exact) mass is 568 g/mol. The van der Waals surface area contributed by atoms with Crippen molar-refractivity contribution in [2.45, 2.75) is 44.4 Å². The minimum Gasteiger partial charge on any atom is -0.147 e. The van der Waals surface area contributed by atoms with Gasteiger partial charge < -0.3 is 0 Å². The third-order valence-corrected chi connectivity index (χ3v) is 25.5. The van der Waals surface area contributed by atoms with E-state index in [0.717, 1.165) is 22.8 Å². The van der Waals surface area contributed by atoms with Crippen LogP contribution in [-0.2, 0) is 20.4 Å². The Morgan fingerprint density at radius 3 is 2.06 bits per heavy atom. The summed E-state index contributed by atoms with van der Waals surface area (Å²) in [5, 5.41) is 0. The Labute approximate surface area is 210 Å². The molecule has 0 amide bonds. The summed E-state index contributed by atoms with van der Waals surface area (Å²) >= 11 is -2.27. The van der Waals surface area contributed by atoms with Crippen LogP contribution < -0.4 is 0 Å². The second kappa shape index (κ2) is 10.6. The number of halogens is 4. The quantitative estimate of drug-likeness (QED) is 0.325. The molecule has 0 saturated heterocycles. The molecular formula is C26H30Cl2F2SiZr. The Hall–Kier alpha value is -0.800. The van der Waals surface area contributed by atoms with Crippen LogP contribution in [0.3, 0.4) is 0 Å². The van der Waals surface area contributed by atoms with Crippen molar-refractivity contribution in [3.8, 4) is 0 Å². The van der Waals surface area contributed by atoms with Crippen LogP contribution in [0.15, 0.2) is 68.5 Å². The second-order valence-corrected chi connectivity index (χ2v) is 26.2. The van der Waals surface area contributed by atoms with Gasteiger partial charge in [0, 0.05) is 0 Å². The molecule has 0 bridgehead atoms. The summed E-state index contributed by atoms with van der Waals surface area (Å²) in [6.07, 6.45) is 2.30. The van der Waals surface area contributed by atoms with E-state index in [9.17, 15) is 4.39 Å². The molecule has 4 rings (SSSR count). The first kappa shape index (κ1) is 27.4.